The fourth-order valence-corrected chi connectivity index (χ4v) is 2.81. The van der Waals surface area contributed by atoms with Crippen molar-refractivity contribution in [3.05, 3.63) is 57.9 Å². The summed E-state index contributed by atoms with van der Waals surface area (Å²) in [6.45, 7) is 0. The van der Waals surface area contributed by atoms with Crippen LogP contribution in [-0.2, 0) is 18.3 Å². The Balaban J connectivity index is 1.83. The minimum absolute atomic E-state index is 0.0618. The molecule has 1 atom stereocenters. The molecule has 0 fully saturated rings. The normalized spacial score (nSPS) is 17.1. The molecule has 0 saturated carbocycles. The molecule has 0 saturated heterocycles. The van der Waals surface area contributed by atoms with Gasteiger partial charge >= 0.3 is 0 Å². The number of amides is 1. The zero-order valence-electron chi connectivity index (χ0n) is 11.9. The van der Waals surface area contributed by atoms with E-state index in [0.717, 1.165) is 24.8 Å². The van der Waals surface area contributed by atoms with E-state index in [-0.39, 0.29) is 17.4 Å². The number of fused-ring (bicyclic) bond motifs is 1. The summed E-state index contributed by atoms with van der Waals surface area (Å²) < 4.78 is 1.21. The lowest BCUT2D eigenvalue weighted by molar-refractivity contribution is -0.117. The number of carbonyl (C=O) groups is 1. The highest BCUT2D eigenvalue weighted by Crippen LogP contribution is 2.32. The Morgan fingerprint density at radius 3 is 2.90 bits per heavy atom. The van der Waals surface area contributed by atoms with Crippen LogP contribution in [0.4, 0.5) is 5.82 Å². The third-order valence-corrected chi connectivity index (χ3v) is 3.90. The van der Waals surface area contributed by atoms with Crippen molar-refractivity contribution in [1.29, 1.82) is 0 Å². The van der Waals surface area contributed by atoms with Crippen LogP contribution in [0.2, 0.25) is 0 Å². The van der Waals surface area contributed by atoms with Gasteiger partial charge in [0.2, 0.25) is 5.91 Å². The van der Waals surface area contributed by atoms with Gasteiger partial charge in [0.25, 0.3) is 5.56 Å². The predicted molar refractivity (Wildman–Crippen MR) is 80.2 cm³/mol. The van der Waals surface area contributed by atoms with E-state index in [1.807, 2.05) is 18.2 Å². The molecular formula is C16H17N3O2. The Hall–Kier alpha value is -2.43. The Morgan fingerprint density at radius 1 is 1.29 bits per heavy atom. The maximum Gasteiger partial charge on any atom is 0.266 e. The Morgan fingerprint density at radius 2 is 2.10 bits per heavy atom. The van der Waals surface area contributed by atoms with E-state index in [0.29, 0.717) is 5.82 Å². The Kier molecular flexibility index (Phi) is 3.56. The first kappa shape index (κ1) is 13.5. The van der Waals surface area contributed by atoms with Gasteiger partial charge in [0.1, 0.15) is 0 Å². The molecule has 1 aromatic carbocycles. The van der Waals surface area contributed by atoms with Crippen LogP contribution in [0.25, 0.3) is 0 Å². The number of hydrogen-bond donors (Lipinski definition) is 1. The van der Waals surface area contributed by atoms with Crippen molar-refractivity contribution in [3.63, 3.8) is 0 Å². The van der Waals surface area contributed by atoms with Gasteiger partial charge in [-0.25, -0.2) is 4.68 Å². The van der Waals surface area contributed by atoms with Gasteiger partial charge in [0.05, 0.1) is 5.92 Å². The molecule has 0 spiro atoms. The van der Waals surface area contributed by atoms with Gasteiger partial charge in [0.15, 0.2) is 5.82 Å². The molecule has 21 heavy (non-hydrogen) atoms. The number of carbonyl (C=O) groups excluding carboxylic acids is 1. The van der Waals surface area contributed by atoms with Crippen LogP contribution in [0.3, 0.4) is 0 Å². The molecule has 108 valence electrons. The zero-order valence-corrected chi connectivity index (χ0v) is 11.9. The van der Waals surface area contributed by atoms with Crippen LogP contribution in [0.15, 0.2) is 41.2 Å². The zero-order chi connectivity index (χ0) is 14.8. The first-order valence-corrected chi connectivity index (χ1v) is 7.08. The van der Waals surface area contributed by atoms with Crippen molar-refractivity contribution in [1.82, 2.24) is 9.78 Å². The van der Waals surface area contributed by atoms with Crippen molar-refractivity contribution in [3.8, 4) is 0 Å². The summed E-state index contributed by atoms with van der Waals surface area (Å²) in [4.78, 5) is 23.8. The monoisotopic (exact) mass is 283 g/mol. The molecule has 3 rings (SSSR count). The predicted octanol–water partition coefficient (Wildman–Crippen LogP) is 1.84. The van der Waals surface area contributed by atoms with Gasteiger partial charge in [-0.05, 0) is 36.5 Å². The smallest absolute Gasteiger partial charge is 0.266 e. The highest BCUT2D eigenvalue weighted by atomic mass is 16.2. The maximum absolute atomic E-state index is 12.5. The molecule has 1 unspecified atom stereocenters. The van der Waals surface area contributed by atoms with E-state index in [4.69, 9.17) is 0 Å². The molecule has 0 radical (unpaired) electrons. The molecule has 1 aliphatic carbocycles. The quantitative estimate of drug-likeness (QED) is 0.914. The number of rotatable bonds is 2. The topological polar surface area (TPSA) is 64.0 Å². The largest absolute Gasteiger partial charge is 0.309 e. The van der Waals surface area contributed by atoms with Crippen LogP contribution in [0.5, 0.6) is 0 Å². The summed E-state index contributed by atoms with van der Waals surface area (Å²) in [6.07, 6.45) is 2.88. The van der Waals surface area contributed by atoms with Crippen LogP contribution in [-0.4, -0.2) is 15.7 Å². The first-order chi connectivity index (χ1) is 10.1. The van der Waals surface area contributed by atoms with Crippen LogP contribution < -0.4 is 10.9 Å². The second kappa shape index (κ2) is 5.52. The SMILES string of the molecule is Cn1nc(NC(=O)C2CCCc3ccccc32)ccc1=O. The maximum atomic E-state index is 12.5. The summed E-state index contributed by atoms with van der Waals surface area (Å²) in [5, 5.41) is 6.85. The van der Waals surface area contributed by atoms with Gasteiger partial charge in [0, 0.05) is 13.1 Å². The Labute approximate surface area is 122 Å². The number of nitrogens with one attached hydrogen (secondary N) is 1. The van der Waals surface area contributed by atoms with Gasteiger partial charge in [-0.15, -0.1) is 0 Å². The molecule has 2 aromatic rings. The lowest BCUT2D eigenvalue weighted by atomic mass is 9.82. The van der Waals surface area contributed by atoms with Crippen molar-refractivity contribution in [2.24, 2.45) is 7.05 Å². The van der Waals surface area contributed by atoms with Gasteiger partial charge in [-0.1, -0.05) is 24.3 Å². The second-order valence-electron chi connectivity index (χ2n) is 5.31. The molecule has 5 nitrogen and oxygen atoms in total. The fourth-order valence-electron chi connectivity index (χ4n) is 2.81. The molecule has 0 bridgehead atoms. The summed E-state index contributed by atoms with van der Waals surface area (Å²) >= 11 is 0. The number of aryl methyl sites for hydroxylation is 2. The molecule has 1 N–H and O–H groups in total. The highest BCUT2D eigenvalue weighted by molar-refractivity contribution is 5.95. The minimum atomic E-state index is -0.198. The average Bonchev–Trinajstić information content (AvgIpc) is 2.50. The summed E-state index contributed by atoms with van der Waals surface area (Å²) in [6, 6.07) is 11.0. The van der Waals surface area contributed by atoms with Crippen molar-refractivity contribution in [2.75, 3.05) is 5.32 Å². The third kappa shape index (κ3) is 2.72. The van der Waals surface area contributed by atoms with Crippen LogP contribution in [0.1, 0.15) is 29.9 Å². The minimum Gasteiger partial charge on any atom is -0.309 e. The molecule has 5 heteroatoms. The van der Waals surface area contributed by atoms with Crippen LogP contribution >= 0.6 is 0 Å². The molecule has 1 aliphatic rings. The number of benzene rings is 1. The summed E-state index contributed by atoms with van der Waals surface area (Å²) in [7, 11) is 1.56. The van der Waals surface area contributed by atoms with E-state index >= 15 is 0 Å². The van der Waals surface area contributed by atoms with E-state index < -0.39 is 0 Å². The summed E-state index contributed by atoms with van der Waals surface area (Å²) in [5.41, 5.74) is 2.15. The molecule has 1 amide bonds. The second-order valence-corrected chi connectivity index (χ2v) is 5.31. The van der Waals surface area contributed by atoms with E-state index in [2.05, 4.69) is 16.5 Å². The number of nitrogens with zero attached hydrogens (tertiary/aromatic N) is 2. The molecular weight excluding hydrogens is 266 g/mol. The third-order valence-electron chi connectivity index (χ3n) is 3.90. The first-order valence-electron chi connectivity index (χ1n) is 7.08. The lowest BCUT2D eigenvalue weighted by Gasteiger charge is -2.24. The van der Waals surface area contributed by atoms with E-state index in [9.17, 15) is 9.59 Å². The van der Waals surface area contributed by atoms with Crippen molar-refractivity contribution < 1.29 is 4.79 Å². The van der Waals surface area contributed by atoms with Gasteiger partial charge < -0.3 is 5.32 Å². The molecule has 0 aliphatic heterocycles. The number of aromatic nitrogens is 2. The van der Waals surface area contributed by atoms with E-state index in [1.54, 1.807) is 7.05 Å². The van der Waals surface area contributed by atoms with Crippen LogP contribution in [0, 0.1) is 0 Å². The highest BCUT2D eigenvalue weighted by Gasteiger charge is 2.26. The Bertz CT molecular complexity index is 736. The van der Waals surface area contributed by atoms with Gasteiger partial charge in [-0.2, -0.15) is 5.10 Å². The molecule has 1 heterocycles. The van der Waals surface area contributed by atoms with Crippen molar-refractivity contribution in [2.45, 2.75) is 25.2 Å². The molecule has 1 aromatic heterocycles. The summed E-state index contributed by atoms with van der Waals surface area (Å²) in [5.74, 6) is 0.201. The number of hydrogen-bond acceptors (Lipinski definition) is 3. The number of anilines is 1. The fraction of sp³-hybridized carbons (Fsp3) is 0.312. The van der Waals surface area contributed by atoms with Gasteiger partial charge in [-0.3, -0.25) is 9.59 Å². The average molecular weight is 283 g/mol. The lowest BCUT2D eigenvalue weighted by Crippen LogP contribution is -2.27. The van der Waals surface area contributed by atoms with Crippen molar-refractivity contribution >= 4 is 11.7 Å². The standard InChI is InChI=1S/C16H17N3O2/c1-19-15(20)10-9-14(18-19)17-16(21)13-8-4-6-11-5-2-3-7-12(11)13/h2-3,5,7,9-10,13H,4,6,8H2,1H3,(H,17,18,21). The van der Waals surface area contributed by atoms with E-state index in [1.165, 1.54) is 22.4 Å².